The number of hydrazine groups is 1. The summed E-state index contributed by atoms with van der Waals surface area (Å²) in [5, 5.41) is 4.77. The first-order valence-electron chi connectivity index (χ1n) is 7.80. The van der Waals surface area contributed by atoms with Crippen molar-refractivity contribution in [2.75, 3.05) is 5.32 Å². The van der Waals surface area contributed by atoms with Crippen LogP contribution in [0.4, 0.5) is 10.5 Å². The highest BCUT2D eigenvalue weighted by Crippen LogP contribution is 2.19. The number of nitrogens with one attached hydrogen (secondary N) is 3. The highest BCUT2D eigenvalue weighted by Gasteiger charge is 2.02. The minimum Gasteiger partial charge on any atom is -0.307 e. The van der Waals surface area contributed by atoms with Crippen LogP contribution in [0.5, 0.6) is 0 Å². The molecule has 3 aromatic carbocycles. The third-order valence-electron chi connectivity index (χ3n) is 3.57. The van der Waals surface area contributed by atoms with E-state index in [1.165, 1.54) is 6.08 Å². The maximum Gasteiger partial charge on any atom is 0.337 e. The lowest BCUT2D eigenvalue weighted by atomic mass is 10.0. The van der Waals surface area contributed by atoms with Crippen molar-refractivity contribution in [3.05, 3.63) is 84.4 Å². The molecule has 5 nitrogen and oxygen atoms in total. The molecule has 3 aromatic rings. The summed E-state index contributed by atoms with van der Waals surface area (Å²) < 4.78 is 0. The molecule has 0 aliphatic carbocycles. The molecule has 0 fully saturated rings. The van der Waals surface area contributed by atoms with Gasteiger partial charge in [0, 0.05) is 11.8 Å². The van der Waals surface area contributed by atoms with Crippen LogP contribution in [0.2, 0.25) is 0 Å². The van der Waals surface area contributed by atoms with Gasteiger partial charge in [0.1, 0.15) is 0 Å². The minimum absolute atomic E-state index is 0.420. The average molecular weight is 331 g/mol. The predicted molar refractivity (Wildman–Crippen MR) is 99.7 cm³/mol. The lowest BCUT2D eigenvalue weighted by molar-refractivity contribution is -0.117. The molecule has 124 valence electrons. The maximum atomic E-state index is 11.9. The Labute approximate surface area is 145 Å². The average Bonchev–Trinajstić information content (AvgIpc) is 2.65. The van der Waals surface area contributed by atoms with Crippen molar-refractivity contribution in [2.24, 2.45) is 0 Å². The van der Waals surface area contributed by atoms with Crippen LogP contribution in [0.3, 0.4) is 0 Å². The predicted octanol–water partition coefficient (Wildman–Crippen LogP) is 3.71. The molecule has 0 spiro atoms. The maximum absolute atomic E-state index is 11.9. The highest BCUT2D eigenvalue weighted by molar-refractivity contribution is 5.98. The number of carbonyl (C=O) groups is 2. The van der Waals surface area contributed by atoms with E-state index in [4.69, 9.17) is 0 Å². The van der Waals surface area contributed by atoms with Crippen LogP contribution in [-0.4, -0.2) is 11.9 Å². The number of hydrogen-bond acceptors (Lipinski definition) is 2. The van der Waals surface area contributed by atoms with Gasteiger partial charge in [0.2, 0.25) is 0 Å². The fourth-order valence-corrected chi connectivity index (χ4v) is 2.41. The fraction of sp³-hybridized carbons (Fsp3) is 0. The number of urea groups is 1. The topological polar surface area (TPSA) is 70.2 Å². The summed E-state index contributed by atoms with van der Waals surface area (Å²) in [6, 6.07) is 22.3. The molecular weight excluding hydrogens is 314 g/mol. The molecule has 0 heterocycles. The number of hydrogen-bond donors (Lipinski definition) is 3. The Morgan fingerprint density at radius 2 is 1.48 bits per heavy atom. The van der Waals surface area contributed by atoms with Gasteiger partial charge in [0.25, 0.3) is 5.91 Å². The van der Waals surface area contributed by atoms with Gasteiger partial charge in [-0.05, 0) is 34.5 Å². The van der Waals surface area contributed by atoms with Crippen molar-refractivity contribution in [1.29, 1.82) is 0 Å². The van der Waals surface area contributed by atoms with E-state index in [0.29, 0.717) is 5.69 Å². The summed E-state index contributed by atoms with van der Waals surface area (Å²) in [6.07, 6.45) is 3.10. The van der Waals surface area contributed by atoms with Crippen LogP contribution in [0.25, 0.3) is 16.8 Å². The van der Waals surface area contributed by atoms with Crippen LogP contribution < -0.4 is 16.2 Å². The first-order chi connectivity index (χ1) is 12.2. The lowest BCUT2D eigenvalue weighted by Gasteiger charge is -2.07. The molecule has 3 amide bonds. The van der Waals surface area contributed by atoms with Crippen molar-refractivity contribution >= 4 is 34.5 Å². The third kappa shape index (κ3) is 4.45. The summed E-state index contributed by atoms with van der Waals surface area (Å²) in [6.45, 7) is 0. The standard InChI is InChI=1S/C20H17N3O2/c24-19(22-23-20(25)21-17-10-2-1-3-11-17)14-13-16-9-6-8-15-7-4-5-12-18(15)16/h1-14H,(H,22,24)(H2,21,23,25). The number of para-hydroxylation sites is 1. The van der Waals surface area contributed by atoms with Gasteiger partial charge in [0.05, 0.1) is 0 Å². The zero-order valence-corrected chi connectivity index (χ0v) is 13.4. The highest BCUT2D eigenvalue weighted by atomic mass is 16.2. The van der Waals surface area contributed by atoms with Crippen molar-refractivity contribution in [1.82, 2.24) is 10.9 Å². The molecule has 0 saturated carbocycles. The van der Waals surface area contributed by atoms with E-state index < -0.39 is 11.9 Å². The zero-order valence-electron chi connectivity index (χ0n) is 13.4. The van der Waals surface area contributed by atoms with Crippen LogP contribution in [-0.2, 0) is 4.79 Å². The Morgan fingerprint density at radius 1 is 0.760 bits per heavy atom. The molecule has 5 heteroatoms. The molecule has 25 heavy (non-hydrogen) atoms. The molecule has 0 unspecified atom stereocenters. The van der Waals surface area contributed by atoms with Crippen molar-refractivity contribution in [2.45, 2.75) is 0 Å². The summed E-state index contributed by atoms with van der Waals surface area (Å²) in [7, 11) is 0. The Balaban J connectivity index is 1.57. The molecule has 0 radical (unpaired) electrons. The second kappa shape index (κ2) is 7.79. The van der Waals surface area contributed by atoms with E-state index in [0.717, 1.165) is 16.3 Å². The van der Waals surface area contributed by atoms with E-state index in [1.54, 1.807) is 30.3 Å². The Hall–Kier alpha value is -3.60. The molecule has 0 bridgehead atoms. The van der Waals surface area contributed by atoms with Gasteiger partial charge in [-0.15, -0.1) is 0 Å². The van der Waals surface area contributed by atoms with Gasteiger partial charge >= 0.3 is 6.03 Å². The van der Waals surface area contributed by atoms with Crippen molar-refractivity contribution in [3.63, 3.8) is 0 Å². The van der Waals surface area contributed by atoms with Gasteiger partial charge in [-0.2, -0.15) is 0 Å². The molecule has 0 atom stereocenters. The van der Waals surface area contributed by atoms with E-state index >= 15 is 0 Å². The minimum atomic E-state index is -0.516. The largest absolute Gasteiger partial charge is 0.337 e. The Kier molecular flexibility index (Phi) is 5.07. The number of benzene rings is 3. The first-order valence-corrected chi connectivity index (χ1v) is 7.80. The summed E-state index contributed by atoms with van der Waals surface area (Å²) in [4.78, 5) is 23.6. The zero-order chi connectivity index (χ0) is 17.5. The van der Waals surface area contributed by atoms with E-state index in [2.05, 4.69) is 16.2 Å². The number of fused-ring (bicyclic) bond motifs is 1. The smallest absolute Gasteiger partial charge is 0.307 e. The molecule has 0 saturated heterocycles. The molecule has 0 aliphatic heterocycles. The number of carbonyl (C=O) groups excluding carboxylic acids is 2. The van der Waals surface area contributed by atoms with Crippen molar-refractivity contribution < 1.29 is 9.59 Å². The monoisotopic (exact) mass is 331 g/mol. The summed E-state index contributed by atoms with van der Waals surface area (Å²) in [5.41, 5.74) is 6.21. The fourth-order valence-electron chi connectivity index (χ4n) is 2.41. The van der Waals surface area contributed by atoms with E-state index in [-0.39, 0.29) is 0 Å². The second-order valence-electron chi connectivity index (χ2n) is 5.34. The van der Waals surface area contributed by atoms with Crippen LogP contribution in [0.15, 0.2) is 78.9 Å². The Bertz CT molecular complexity index is 915. The number of anilines is 1. The van der Waals surface area contributed by atoms with E-state index in [1.807, 2.05) is 48.5 Å². The first kappa shape index (κ1) is 16.3. The molecule has 0 aromatic heterocycles. The van der Waals surface area contributed by atoms with Gasteiger partial charge in [-0.3, -0.25) is 10.2 Å². The lowest BCUT2D eigenvalue weighted by Crippen LogP contribution is -2.43. The molecule has 3 N–H and O–H groups in total. The van der Waals surface area contributed by atoms with Crippen molar-refractivity contribution in [3.8, 4) is 0 Å². The SMILES string of the molecule is O=C(C=Cc1cccc2ccccc12)NNC(=O)Nc1ccccc1. The molecule has 0 aliphatic rings. The quantitative estimate of drug-likeness (QED) is 0.506. The molecular formula is C20H17N3O2. The Morgan fingerprint density at radius 3 is 2.32 bits per heavy atom. The van der Waals surface area contributed by atoms with Crippen LogP contribution in [0.1, 0.15) is 5.56 Å². The van der Waals surface area contributed by atoms with Gasteiger partial charge in [-0.25, -0.2) is 10.2 Å². The van der Waals surface area contributed by atoms with Crippen LogP contribution >= 0.6 is 0 Å². The van der Waals surface area contributed by atoms with Gasteiger partial charge < -0.3 is 5.32 Å². The normalized spacial score (nSPS) is 10.6. The third-order valence-corrected chi connectivity index (χ3v) is 3.57. The van der Waals surface area contributed by atoms with Crippen LogP contribution in [0, 0.1) is 0 Å². The number of rotatable bonds is 3. The van der Waals surface area contributed by atoms with Gasteiger partial charge in [0.15, 0.2) is 0 Å². The second-order valence-corrected chi connectivity index (χ2v) is 5.34. The molecule has 3 rings (SSSR count). The van der Waals surface area contributed by atoms with Gasteiger partial charge in [-0.1, -0.05) is 60.7 Å². The summed E-state index contributed by atoms with van der Waals surface area (Å²) >= 11 is 0. The number of amides is 3. The summed E-state index contributed by atoms with van der Waals surface area (Å²) in [5.74, 6) is -0.420. The van der Waals surface area contributed by atoms with E-state index in [9.17, 15) is 9.59 Å².